The van der Waals surface area contributed by atoms with Crippen molar-refractivity contribution >= 4 is 39.9 Å². The van der Waals surface area contributed by atoms with E-state index < -0.39 is 16.1 Å². The molecule has 0 spiro atoms. The van der Waals surface area contributed by atoms with Gasteiger partial charge >= 0.3 is 0 Å². The molecule has 24 heavy (non-hydrogen) atoms. The second-order valence-corrected chi connectivity index (χ2v) is 7.95. The first-order chi connectivity index (χ1) is 10.8. The Morgan fingerprint density at radius 2 is 1.96 bits per heavy atom. The maximum atomic E-state index is 12.3. The van der Waals surface area contributed by atoms with Crippen molar-refractivity contribution in [1.29, 1.82) is 0 Å². The molecular formula is C15H23Cl2N3O3S. The number of benzene rings is 1. The second-order valence-electron chi connectivity index (χ2n) is 5.80. The zero-order valence-corrected chi connectivity index (χ0v) is 16.0. The van der Waals surface area contributed by atoms with Crippen molar-refractivity contribution in [1.82, 2.24) is 15.4 Å². The van der Waals surface area contributed by atoms with E-state index in [2.05, 4.69) is 15.4 Å². The zero-order valence-electron chi connectivity index (χ0n) is 13.6. The lowest BCUT2D eigenvalue weighted by Gasteiger charge is -2.31. The standard InChI is InChI=1S/C15H22ClN3O3S.ClH/c1-10-14(4-3-9-17-10)18-15(20)11(2)19-23(21,22)13-7-5-12(16)6-8-13;/h5-8,10-11,14,17,19H,3-4,9H2,1-2H3,(H,18,20);1H. The lowest BCUT2D eigenvalue weighted by molar-refractivity contribution is -0.123. The summed E-state index contributed by atoms with van der Waals surface area (Å²) in [5.74, 6) is -0.330. The van der Waals surface area contributed by atoms with Gasteiger partial charge in [0.05, 0.1) is 10.9 Å². The van der Waals surface area contributed by atoms with Crippen molar-refractivity contribution in [3.63, 3.8) is 0 Å². The molecule has 1 amide bonds. The molecule has 3 unspecified atom stereocenters. The van der Waals surface area contributed by atoms with Crippen LogP contribution in [0.25, 0.3) is 0 Å². The van der Waals surface area contributed by atoms with Crippen LogP contribution in [0, 0.1) is 0 Å². The Morgan fingerprint density at radius 1 is 1.33 bits per heavy atom. The van der Waals surface area contributed by atoms with E-state index in [0.29, 0.717) is 5.02 Å². The van der Waals surface area contributed by atoms with Gasteiger partial charge in [0.15, 0.2) is 0 Å². The van der Waals surface area contributed by atoms with Gasteiger partial charge in [-0.2, -0.15) is 4.72 Å². The Hall–Kier alpha value is -0.860. The number of halogens is 2. The van der Waals surface area contributed by atoms with Crippen molar-refractivity contribution in [2.75, 3.05) is 6.54 Å². The Balaban J connectivity index is 0.00000288. The highest BCUT2D eigenvalue weighted by molar-refractivity contribution is 7.89. The predicted octanol–water partition coefficient (Wildman–Crippen LogP) is 1.69. The van der Waals surface area contributed by atoms with E-state index in [4.69, 9.17) is 11.6 Å². The van der Waals surface area contributed by atoms with Crippen molar-refractivity contribution in [3.8, 4) is 0 Å². The molecule has 6 nitrogen and oxygen atoms in total. The summed E-state index contributed by atoms with van der Waals surface area (Å²) in [5, 5.41) is 6.64. The molecule has 1 aliphatic rings. The first-order valence-corrected chi connectivity index (χ1v) is 9.47. The highest BCUT2D eigenvalue weighted by atomic mass is 35.5. The highest BCUT2D eigenvalue weighted by Crippen LogP contribution is 2.14. The number of amides is 1. The molecule has 0 aromatic heterocycles. The Morgan fingerprint density at radius 3 is 2.54 bits per heavy atom. The van der Waals surface area contributed by atoms with Gasteiger partial charge in [0.25, 0.3) is 0 Å². The van der Waals surface area contributed by atoms with E-state index in [1.807, 2.05) is 6.92 Å². The summed E-state index contributed by atoms with van der Waals surface area (Å²) < 4.78 is 26.9. The quantitative estimate of drug-likeness (QED) is 0.707. The smallest absolute Gasteiger partial charge is 0.241 e. The largest absolute Gasteiger partial charge is 0.350 e. The van der Waals surface area contributed by atoms with Crippen molar-refractivity contribution in [2.45, 2.75) is 49.7 Å². The number of carbonyl (C=O) groups excluding carboxylic acids is 1. The van der Waals surface area contributed by atoms with Gasteiger partial charge in [-0.15, -0.1) is 12.4 Å². The third kappa shape index (κ3) is 5.60. The lowest BCUT2D eigenvalue weighted by atomic mass is 9.99. The van der Waals surface area contributed by atoms with Crippen molar-refractivity contribution in [2.24, 2.45) is 0 Å². The molecule has 1 aliphatic heterocycles. The molecule has 3 N–H and O–H groups in total. The molecule has 136 valence electrons. The van der Waals surface area contributed by atoms with Gasteiger partial charge in [0.2, 0.25) is 15.9 Å². The van der Waals surface area contributed by atoms with Crippen LogP contribution in [0.4, 0.5) is 0 Å². The van der Waals surface area contributed by atoms with Crippen LogP contribution in [-0.2, 0) is 14.8 Å². The van der Waals surface area contributed by atoms with Gasteiger partial charge in [-0.25, -0.2) is 8.42 Å². The molecule has 0 saturated carbocycles. The minimum atomic E-state index is -3.76. The van der Waals surface area contributed by atoms with E-state index in [-0.39, 0.29) is 35.3 Å². The van der Waals surface area contributed by atoms with Crippen LogP contribution < -0.4 is 15.4 Å². The summed E-state index contributed by atoms with van der Waals surface area (Å²) in [6.07, 6.45) is 1.87. The first-order valence-electron chi connectivity index (χ1n) is 7.61. The van der Waals surface area contributed by atoms with E-state index in [1.54, 1.807) is 0 Å². The number of hydrogen-bond donors (Lipinski definition) is 3. The third-order valence-electron chi connectivity index (χ3n) is 3.94. The number of carbonyl (C=O) groups is 1. The number of rotatable bonds is 5. The molecule has 1 fully saturated rings. The van der Waals surface area contributed by atoms with E-state index in [0.717, 1.165) is 19.4 Å². The average Bonchev–Trinajstić information content (AvgIpc) is 2.49. The van der Waals surface area contributed by atoms with Crippen LogP contribution in [0.3, 0.4) is 0 Å². The molecule has 0 bridgehead atoms. The minimum absolute atomic E-state index is 0. The van der Waals surface area contributed by atoms with Gasteiger partial charge in [0, 0.05) is 17.1 Å². The first kappa shape index (κ1) is 21.2. The molecular weight excluding hydrogens is 373 g/mol. The van der Waals surface area contributed by atoms with Crippen LogP contribution >= 0.6 is 24.0 Å². The number of sulfonamides is 1. The summed E-state index contributed by atoms with van der Waals surface area (Å²) in [5.41, 5.74) is 0. The van der Waals surface area contributed by atoms with Gasteiger partial charge in [0.1, 0.15) is 0 Å². The van der Waals surface area contributed by atoms with Crippen LogP contribution in [0.5, 0.6) is 0 Å². The second kappa shape index (κ2) is 9.01. The van der Waals surface area contributed by atoms with E-state index in [9.17, 15) is 13.2 Å². The van der Waals surface area contributed by atoms with Gasteiger partial charge in [-0.3, -0.25) is 4.79 Å². The van der Waals surface area contributed by atoms with Crippen molar-refractivity contribution < 1.29 is 13.2 Å². The van der Waals surface area contributed by atoms with Crippen LogP contribution in [-0.4, -0.2) is 39.0 Å². The monoisotopic (exact) mass is 395 g/mol. The molecule has 2 rings (SSSR count). The molecule has 0 radical (unpaired) electrons. The van der Waals surface area contributed by atoms with Gasteiger partial charge in [-0.1, -0.05) is 11.6 Å². The van der Waals surface area contributed by atoms with Crippen LogP contribution in [0.1, 0.15) is 26.7 Å². The summed E-state index contributed by atoms with van der Waals surface area (Å²) in [7, 11) is -3.76. The van der Waals surface area contributed by atoms with E-state index >= 15 is 0 Å². The fourth-order valence-corrected chi connectivity index (χ4v) is 3.85. The highest BCUT2D eigenvalue weighted by Gasteiger charge is 2.27. The maximum Gasteiger partial charge on any atom is 0.241 e. The minimum Gasteiger partial charge on any atom is -0.350 e. The number of nitrogens with one attached hydrogen (secondary N) is 3. The lowest BCUT2D eigenvalue weighted by Crippen LogP contribution is -2.55. The Kier molecular flexibility index (Phi) is 7.95. The van der Waals surface area contributed by atoms with Crippen LogP contribution in [0.15, 0.2) is 29.2 Å². The molecule has 1 heterocycles. The normalized spacial score (nSPS) is 22.3. The molecule has 3 atom stereocenters. The molecule has 1 aromatic carbocycles. The maximum absolute atomic E-state index is 12.3. The van der Waals surface area contributed by atoms with E-state index in [1.165, 1.54) is 31.2 Å². The topological polar surface area (TPSA) is 87.3 Å². The Bertz CT molecular complexity index is 652. The summed E-state index contributed by atoms with van der Waals surface area (Å²) in [4.78, 5) is 12.3. The predicted molar refractivity (Wildman–Crippen MR) is 97.1 cm³/mol. The molecule has 0 aliphatic carbocycles. The zero-order chi connectivity index (χ0) is 17.0. The van der Waals surface area contributed by atoms with Crippen molar-refractivity contribution in [3.05, 3.63) is 29.3 Å². The SMILES string of the molecule is CC(NS(=O)(=O)c1ccc(Cl)cc1)C(=O)NC1CCCNC1C.Cl. The Labute approximate surface area is 154 Å². The molecule has 9 heteroatoms. The molecule has 1 saturated heterocycles. The average molecular weight is 396 g/mol. The number of piperidine rings is 1. The van der Waals surface area contributed by atoms with Gasteiger partial charge in [-0.05, 0) is 57.5 Å². The fraction of sp³-hybridized carbons (Fsp3) is 0.533. The van der Waals surface area contributed by atoms with Crippen LogP contribution in [0.2, 0.25) is 5.02 Å². The third-order valence-corrected chi connectivity index (χ3v) is 5.75. The summed E-state index contributed by atoms with van der Waals surface area (Å²) in [6.45, 7) is 4.47. The summed E-state index contributed by atoms with van der Waals surface area (Å²) >= 11 is 5.75. The number of hydrogen-bond acceptors (Lipinski definition) is 4. The fourth-order valence-electron chi connectivity index (χ4n) is 2.52. The molecule has 1 aromatic rings. The summed E-state index contributed by atoms with van der Waals surface area (Å²) in [6, 6.07) is 5.13. The van der Waals surface area contributed by atoms with Gasteiger partial charge < -0.3 is 10.6 Å².